The normalized spacial score (nSPS) is 13.0. The molecule has 0 saturated heterocycles. The van der Waals surface area contributed by atoms with Crippen LogP contribution >= 0.6 is 11.6 Å². The fourth-order valence-electron chi connectivity index (χ4n) is 1.49. The summed E-state index contributed by atoms with van der Waals surface area (Å²) in [5.41, 5.74) is 0.838. The van der Waals surface area contributed by atoms with Crippen LogP contribution in [-0.2, 0) is 4.74 Å². The van der Waals surface area contributed by atoms with Gasteiger partial charge in [-0.2, -0.15) is 0 Å². The Hall–Kier alpha value is -1.69. The topological polar surface area (TPSA) is 60.2 Å². The molecule has 1 atom stereocenters. The number of halogens is 1. The molecule has 2 rings (SSSR count). The van der Waals surface area contributed by atoms with Gasteiger partial charge in [-0.15, -0.1) is 5.10 Å². The highest BCUT2D eigenvalue weighted by atomic mass is 35.5. The molecular formula is C13H14ClN3O2. The molecule has 0 saturated carbocycles. The Balaban J connectivity index is 2.11. The van der Waals surface area contributed by atoms with E-state index < -0.39 is 6.29 Å². The van der Waals surface area contributed by atoms with E-state index in [4.69, 9.17) is 16.3 Å². The highest BCUT2D eigenvalue weighted by Gasteiger charge is 2.03. The molecule has 2 aromatic rings. The van der Waals surface area contributed by atoms with Gasteiger partial charge in [0.25, 0.3) is 0 Å². The summed E-state index contributed by atoms with van der Waals surface area (Å²) in [5, 5.41) is 14.3. The maximum Gasteiger partial charge on any atom is 0.181 e. The van der Waals surface area contributed by atoms with E-state index in [1.165, 1.54) is 10.8 Å². The fourth-order valence-corrected chi connectivity index (χ4v) is 1.68. The van der Waals surface area contributed by atoms with Crippen molar-refractivity contribution in [1.82, 2.24) is 14.8 Å². The Morgan fingerprint density at radius 1 is 1.53 bits per heavy atom. The standard InChI is InChI=1S/C13H14ClN3O2/c1-2-19-12(18)6-7-17-9-15-13(16-17)10-4-3-5-11(14)8-10/h3-9,12,18H,2H2,1H3/b7-6+. The van der Waals surface area contributed by atoms with E-state index in [1.807, 2.05) is 19.1 Å². The minimum atomic E-state index is -0.941. The summed E-state index contributed by atoms with van der Waals surface area (Å²) in [4.78, 5) is 4.17. The van der Waals surface area contributed by atoms with Gasteiger partial charge in [0.05, 0.1) is 0 Å². The predicted molar refractivity (Wildman–Crippen MR) is 73.4 cm³/mol. The van der Waals surface area contributed by atoms with Crippen molar-refractivity contribution < 1.29 is 9.84 Å². The molecule has 0 amide bonds. The SMILES string of the molecule is CCOC(O)/C=C/n1cnc(-c2cccc(Cl)c2)n1. The quantitative estimate of drug-likeness (QED) is 0.854. The van der Waals surface area contributed by atoms with Crippen LogP contribution in [0.3, 0.4) is 0 Å². The van der Waals surface area contributed by atoms with Gasteiger partial charge < -0.3 is 9.84 Å². The van der Waals surface area contributed by atoms with Crippen LogP contribution in [0.5, 0.6) is 0 Å². The Labute approximate surface area is 116 Å². The zero-order valence-electron chi connectivity index (χ0n) is 10.4. The van der Waals surface area contributed by atoms with Crippen molar-refractivity contribution in [1.29, 1.82) is 0 Å². The second kappa shape index (κ2) is 6.47. The number of aliphatic hydroxyl groups is 1. The molecule has 0 aliphatic heterocycles. The number of aromatic nitrogens is 3. The Morgan fingerprint density at radius 3 is 3.11 bits per heavy atom. The molecule has 0 spiro atoms. The summed E-state index contributed by atoms with van der Waals surface area (Å²) < 4.78 is 6.46. The lowest BCUT2D eigenvalue weighted by atomic mass is 10.2. The highest BCUT2D eigenvalue weighted by molar-refractivity contribution is 6.30. The number of nitrogens with zero attached hydrogens (tertiary/aromatic N) is 3. The molecular weight excluding hydrogens is 266 g/mol. The van der Waals surface area contributed by atoms with Crippen molar-refractivity contribution in [3.8, 4) is 11.4 Å². The zero-order chi connectivity index (χ0) is 13.7. The van der Waals surface area contributed by atoms with Crippen molar-refractivity contribution in [3.05, 3.63) is 41.7 Å². The molecule has 1 aromatic carbocycles. The van der Waals surface area contributed by atoms with Crippen LogP contribution in [0, 0.1) is 0 Å². The number of benzene rings is 1. The predicted octanol–water partition coefficient (Wildman–Crippen LogP) is 2.42. The molecule has 6 heteroatoms. The minimum absolute atomic E-state index is 0.441. The first kappa shape index (κ1) is 13.7. The average Bonchev–Trinajstić information content (AvgIpc) is 2.85. The van der Waals surface area contributed by atoms with Crippen molar-refractivity contribution in [3.63, 3.8) is 0 Å². The van der Waals surface area contributed by atoms with Crippen LogP contribution in [-0.4, -0.2) is 32.8 Å². The molecule has 0 fully saturated rings. The van der Waals surface area contributed by atoms with E-state index in [2.05, 4.69) is 10.1 Å². The second-order valence-corrected chi connectivity index (χ2v) is 4.18. The lowest BCUT2D eigenvalue weighted by Gasteiger charge is -2.03. The van der Waals surface area contributed by atoms with Crippen LogP contribution in [0.2, 0.25) is 5.02 Å². The molecule has 1 N–H and O–H groups in total. The van der Waals surface area contributed by atoms with Gasteiger partial charge >= 0.3 is 0 Å². The maximum atomic E-state index is 9.38. The third-order valence-electron chi connectivity index (χ3n) is 2.33. The Kier molecular flexibility index (Phi) is 4.68. The summed E-state index contributed by atoms with van der Waals surface area (Å²) >= 11 is 5.91. The summed E-state index contributed by atoms with van der Waals surface area (Å²) in [6.45, 7) is 2.25. The molecule has 5 nitrogen and oxygen atoms in total. The van der Waals surface area contributed by atoms with Gasteiger partial charge in [-0.1, -0.05) is 23.7 Å². The van der Waals surface area contributed by atoms with Gasteiger partial charge in [0, 0.05) is 23.4 Å². The number of hydrogen-bond donors (Lipinski definition) is 1. The van der Waals surface area contributed by atoms with Gasteiger partial charge in [-0.25, -0.2) is 9.67 Å². The van der Waals surface area contributed by atoms with Crippen molar-refractivity contribution >= 4 is 17.8 Å². The number of aliphatic hydroxyl groups excluding tert-OH is 1. The third-order valence-corrected chi connectivity index (χ3v) is 2.57. The average molecular weight is 280 g/mol. The van der Waals surface area contributed by atoms with Gasteiger partial charge in [0.1, 0.15) is 6.33 Å². The smallest absolute Gasteiger partial charge is 0.181 e. The summed E-state index contributed by atoms with van der Waals surface area (Å²) in [5.74, 6) is 0.568. The van der Waals surface area contributed by atoms with Crippen molar-refractivity contribution in [2.75, 3.05) is 6.61 Å². The lowest BCUT2D eigenvalue weighted by molar-refractivity contribution is -0.0583. The van der Waals surface area contributed by atoms with Gasteiger partial charge in [0.2, 0.25) is 0 Å². The molecule has 19 heavy (non-hydrogen) atoms. The molecule has 0 aliphatic carbocycles. The molecule has 0 radical (unpaired) electrons. The van der Waals surface area contributed by atoms with E-state index in [0.717, 1.165) is 5.56 Å². The summed E-state index contributed by atoms with van der Waals surface area (Å²) in [6.07, 6.45) is 3.68. The van der Waals surface area contributed by atoms with E-state index in [-0.39, 0.29) is 0 Å². The molecule has 0 bridgehead atoms. The van der Waals surface area contributed by atoms with Crippen LogP contribution in [0.1, 0.15) is 6.92 Å². The minimum Gasteiger partial charge on any atom is -0.365 e. The van der Waals surface area contributed by atoms with Crippen LogP contribution in [0.4, 0.5) is 0 Å². The van der Waals surface area contributed by atoms with E-state index in [0.29, 0.717) is 17.5 Å². The molecule has 1 heterocycles. The van der Waals surface area contributed by atoms with Gasteiger partial charge in [-0.05, 0) is 25.1 Å². The monoisotopic (exact) mass is 279 g/mol. The second-order valence-electron chi connectivity index (χ2n) is 3.75. The summed E-state index contributed by atoms with van der Waals surface area (Å²) in [7, 11) is 0. The van der Waals surface area contributed by atoms with Gasteiger partial charge in [-0.3, -0.25) is 0 Å². The van der Waals surface area contributed by atoms with E-state index >= 15 is 0 Å². The first-order chi connectivity index (χ1) is 9.19. The van der Waals surface area contributed by atoms with Gasteiger partial charge in [0.15, 0.2) is 12.1 Å². The highest BCUT2D eigenvalue weighted by Crippen LogP contribution is 2.18. The Morgan fingerprint density at radius 2 is 2.37 bits per heavy atom. The molecule has 1 aromatic heterocycles. The molecule has 100 valence electrons. The maximum absolute atomic E-state index is 9.38. The van der Waals surface area contributed by atoms with E-state index in [9.17, 15) is 5.11 Å². The Bertz CT molecular complexity index is 569. The van der Waals surface area contributed by atoms with Crippen LogP contribution in [0.15, 0.2) is 36.7 Å². The van der Waals surface area contributed by atoms with Crippen LogP contribution in [0.25, 0.3) is 17.6 Å². The number of ether oxygens (including phenoxy) is 1. The number of hydrogen-bond acceptors (Lipinski definition) is 4. The van der Waals surface area contributed by atoms with Crippen molar-refractivity contribution in [2.45, 2.75) is 13.2 Å². The largest absolute Gasteiger partial charge is 0.365 e. The molecule has 1 unspecified atom stereocenters. The third kappa shape index (κ3) is 3.89. The first-order valence-electron chi connectivity index (χ1n) is 5.84. The summed E-state index contributed by atoms with van der Waals surface area (Å²) in [6, 6.07) is 7.30. The van der Waals surface area contributed by atoms with E-state index in [1.54, 1.807) is 24.7 Å². The van der Waals surface area contributed by atoms with Crippen molar-refractivity contribution in [2.24, 2.45) is 0 Å². The first-order valence-corrected chi connectivity index (χ1v) is 6.22. The number of rotatable bonds is 5. The lowest BCUT2D eigenvalue weighted by Crippen LogP contribution is -2.07. The van der Waals surface area contributed by atoms with Crippen LogP contribution < -0.4 is 0 Å². The fraction of sp³-hybridized carbons (Fsp3) is 0.231. The zero-order valence-corrected chi connectivity index (χ0v) is 11.2. The molecule has 0 aliphatic rings.